The molecule has 2 aromatic heterocycles. The first-order valence-electron chi connectivity index (χ1n) is 13.8. The summed E-state index contributed by atoms with van der Waals surface area (Å²) in [5.41, 5.74) is 4.07. The van der Waals surface area contributed by atoms with Crippen LogP contribution in [0, 0.1) is 25.1 Å². The molecule has 2 aliphatic rings. The molecule has 2 atom stereocenters. The number of nitrogens with zero attached hydrogens (tertiary/aromatic N) is 3. The van der Waals surface area contributed by atoms with E-state index >= 15 is 0 Å². The van der Waals surface area contributed by atoms with E-state index in [0.717, 1.165) is 16.0 Å². The van der Waals surface area contributed by atoms with E-state index in [4.69, 9.17) is 11.4 Å². The number of halogens is 1. The maximum absolute atomic E-state index is 14.4. The fourth-order valence-corrected chi connectivity index (χ4v) is 6.82. The van der Waals surface area contributed by atoms with Crippen LogP contribution < -0.4 is 15.1 Å². The van der Waals surface area contributed by atoms with E-state index in [1.807, 2.05) is 48.2 Å². The number of aryl methyl sites for hydroxylation is 1. The molecule has 2 N–H and O–H groups in total. The summed E-state index contributed by atoms with van der Waals surface area (Å²) >= 11 is 1.30. The highest BCUT2D eigenvalue weighted by Crippen LogP contribution is 2.42. The molecule has 0 bridgehead atoms. The lowest BCUT2D eigenvalue weighted by atomic mass is 10.0. The van der Waals surface area contributed by atoms with Gasteiger partial charge in [0.2, 0.25) is 0 Å². The monoisotopic (exact) mass is 580 g/mol. The Morgan fingerprint density at radius 1 is 1.17 bits per heavy atom. The second-order valence-electron chi connectivity index (χ2n) is 10.7. The summed E-state index contributed by atoms with van der Waals surface area (Å²) in [6.07, 6.45) is 6.45. The number of rotatable bonds is 4. The molecule has 0 saturated carbocycles. The zero-order valence-corrected chi connectivity index (χ0v) is 24.0. The van der Waals surface area contributed by atoms with Gasteiger partial charge < -0.3 is 20.2 Å². The Morgan fingerprint density at radius 2 is 1.98 bits per heavy atom. The number of pyridine rings is 1. The largest absolute Gasteiger partial charge is 0.391 e. The SMILES string of the molecule is C#Cc1ccc2c(c1)N(C(=O)c1cccc(N3C[C@H](O)C[C@@H]3C)n1)CCc1cc(C(=O)Nc3c(C)cccc3F)sc1-2. The van der Waals surface area contributed by atoms with Crippen molar-refractivity contribution < 1.29 is 19.1 Å². The quantitative estimate of drug-likeness (QED) is 0.305. The van der Waals surface area contributed by atoms with Gasteiger partial charge in [0.1, 0.15) is 17.3 Å². The number of amides is 2. The van der Waals surface area contributed by atoms with Crippen molar-refractivity contribution in [3.63, 3.8) is 0 Å². The minimum absolute atomic E-state index is 0.111. The van der Waals surface area contributed by atoms with Crippen LogP contribution >= 0.6 is 11.3 Å². The molecule has 9 heteroatoms. The maximum Gasteiger partial charge on any atom is 0.276 e. The average Bonchev–Trinajstić information content (AvgIpc) is 3.53. The fourth-order valence-electron chi connectivity index (χ4n) is 5.68. The Bertz CT molecular complexity index is 1740. The van der Waals surface area contributed by atoms with E-state index in [-0.39, 0.29) is 17.6 Å². The molecule has 212 valence electrons. The van der Waals surface area contributed by atoms with Gasteiger partial charge in [-0.2, -0.15) is 0 Å². The third kappa shape index (κ3) is 5.04. The normalized spacial score (nSPS) is 17.7. The van der Waals surface area contributed by atoms with Crippen LogP contribution in [0.2, 0.25) is 0 Å². The Morgan fingerprint density at radius 3 is 2.71 bits per heavy atom. The molecule has 0 unspecified atom stereocenters. The molecule has 1 fully saturated rings. The molecule has 1 saturated heterocycles. The van der Waals surface area contributed by atoms with Crippen molar-refractivity contribution in [2.75, 3.05) is 28.2 Å². The molecule has 0 aliphatic carbocycles. The zero-order chi connectivity index (χ0) is 29.5. The fraction of sp³-hybridized carbons (Fsp3) is 0.242. The maximum atomic E-state index is 14.4. The van der Waals surface area contributed by atoms with Crippen molar-refractivity contribution in [3.05, 3.63) is 93.7 Å². The van der Waals surface area contributed by atoms with Gasteiger partial charge in [0.05, 0.1) is 22.4 Å². The van der Waals surface area contributed by atoms with Gasteiger partial charge in [0, 0.05) is 35.1 Å². The zero-order valence-electron chi connectivity index (χ0n) is 23.2. The number of anilines is 3. The number of hydrogen-bond acceptors (Lipinski definition) is 6. The van der Waals surface area contributed by atoms with Gasteiger partial charge >= 0.3 is 0 Å². The summed E-state index contributed by atoms with van der Waals surface area (Å²) in [5, 5.41) is 12.8. The molecular formula is C33H29FN4O3S. The second kappa shape index (κ2) is 11.0. The van der Waals surface area contributed by atoms with E-state index in [9.17, 15) is 19.1 Å². The first-order valence-corrected chi connectivity index (χ1v) is 14.6. The third-order valence-electron chi connectivity index (χ3n) is 7.84. The van der Waals surface area contributed by atoms with Crippen LogP contribution in [0.3, 0.4) is 0 Å². The number of hydrogen-bond donors (Lipinski definition) is 2. The number of carbonyl (C=O) groups is 2. The molecule has 0 spiro atoms. The van der Waals surface area contributed by atoms with Gasteiger partial charge in [0.25, 0.3) is 11.8 Å². The van der Waals surface area contributed by atoms with Gasteiger partial charge in [-0.3, -0.25) is 9.59 Å². The summed E-state index contributed by atoms with van der Waals surface area (Å²) in [7, 11) is 0. The molecule has 2 amide bonds. The van der Waals surface area contributed by atoms with Crippen LogP contribution in [0.25, 0.3) is 10.4 Å². The lowest BCUT2D eigenvalue weighted by molar-refractivity contribution is 0.0981. The van der Waals surface area contributed by atoms with E-state index in [2.05, 4.69) is 11.2 Å². The highest BCUT2D eigenvalue weighted by atomic mass is 32.1. The van der Waals surface area contributed by atoms with E-state index < -0.39 is 17.8 Å². The van der Waals surface area contributed by atoms with E-state index in [0.29, 0.717) is 59.1 Å². The van der Waals surface area contributed by atoms with Crippen molar-refractivity contribution in [2.45, 2.75) is 38.8 Å². The average molecular weight is 581 g/mol. The number of terminal acetylenes is 1. The van der Waals surface area contributed by atoms with Gasteiger partial charge in [-0.1, -0.05) is 30.2 Å². The summed E-state index contributed by atoms with van der Waals surface area (Å²) in [5.74, 6) is 2.17. The summed E-state index contributed by atoms with van der Waals surface area (Å²) in [4.78, 5) is 36.9. The number of para-hydroxylation sites is 1. The Balaban J connectivity index is 1.34. The number of carbonyl (C=O) groups excluding carboxylic acids is 2. The second-order valence-corrected chi connectivity index (χ2v) is 11.8. The van der Waals surface area contributed by atoms with Crippen LogP contribution in [0.4, 0.5) is 21.6 Å². The minimum atomic E-state index is -0.490. The van der Waals surface area contributed by atoms with Crippen molar-refractivity contribution in [1.82, 2.24) is 4.98 Å². The van der Waals surface area contributed by atoms with Crippen LogP contribution in [0.5, 0.6) is 0 Å². The van der Waals surface area contributed by atoms with Gasteiger partial charge in [-0.25, -0.2) is 9.37 Å². The Labute approximate surface area is 247 Å². The van der Waals surface area contributed by atoms with E-state index in [1.54, 1.807) is 30.0 Å². The first kappa shape index (κ1) is 27.6. The molecule has 6 rings (SSSR count). The van der Waals surface area contributed by atoms with Gasteiger partial charge in [-0.15, -0.1) is 17.8 Å². The van der Waals surface area contributed by atoms with Crippen molar-refractivity contribution in [3.8, 4) is 22.8 Å². The number of nitrogens with one attached hydrogen (secondary N) is 1. The van der Waals surface area contributed by atoms with Gasteiger partial charge in [-0.05, 0) is 74.2 Å². The van der Waals surface area contributed by atoms with Crippen LogP contribution in [0.1, 0.15) is 50.2 Å². The number of benzene rings is 2. The number of aliphatic hydroxyl groups excluding tert-OH is 1. The van der Waals surface area contributed by atoms with Crippen molar-refractivity contribution >= 4 is 40.3 Å². The predicted molar refractivity (Wildman–Crippen MR) is 164 cm³/mol. The third-order valence-corrected chi connectivity index (χ3v) is 9.05. The first-order chi connectivity index (χ1) is 20.2. The Kier molecular flexibility index (Phi) is 7.27. The number of aliphatic hydroxyl groups is 1. The molecule has 4 heterocycles. The molecule has 42 heavy (non-hydrogen) atoms. The Hall–Kier alpha value is -4.52. The molecule has 2 aliphatic heterocycles. The number of fused-ring (bicyclic) bond motifs is 3. The summed E-state index contributed by atoms with van der Waals surface area (Å²) in [6, 6.07) is 17.5. The van der Waals surface area contributed by atoms with Crippen molar-refractivity contribution in [2.24, 2.45) is 0 Å². The highest BCUT2D eigenvalue weighted by Gasteiger charge is 2.31. The number of β-amino-alcohol motifs (C(OH)–C–C–N with tert-alkyl or cyclic N) is 1. The molecule has 7 nitrogen and oxygen atoms in total. The minimum Gasteiger partial charge on any atom is -0.391 e. The topological polar surface area (TPSA) is 85.8 Å². The summed E-state index contributed by atoms with van der Waals surface area (Å²) in [6.45, 7) is 4.59. The van der Waals surface area contributed by atoms with Crippen molar-refractivity contribution in [1.29, 1.82) is 0 Å². The van der Waals surface area contributed by atoms with Crippen LogP contribution in [-0.4, -0.2) is 47.1 Å². The predicted octanol–water partition coefficient (Wildman–Crippen LogP) is 5.65. The van der Waals surface area contributed by atoms with Crippen LogP contribution in [-0.2, 0) is 6.42 Å². The molecule has 0 radical (unpaired) electrons. The lowest BCUT2D eigenvalue weighted by Crippen LogP contribution is -2.34. The number of aromatic nitrogens is 1. The molecular weight excluding hydrogens is 551 g/mol. The molecule has 4 aromatic rings. The van der Waals surface area contributed by atoms with Gasteiger partial charge in [0.15, 0.2) is 0 Å². The molecule has 2 aromatic carbocycles. The summed E-state index contributed by atoms with van der Waals surface area (Å²) < 4.78 is 14.4. The lowest BCUT2D eigenvalue weighted by Gasteiger charge is -2.25. The highest BCUT2D eigenvalue weighted by molar-refractivity contribution is 7.17. The standard InChI is InChI=1S/C33H29FN4O3S/c1-4-21-11-12-24-27(16-21)37(33(41)26-9-6-10-29(35-26)38-18-23(39)15-20(38)3)14-13-22-17-28(42-31(22)24)32(40)36-30-19(2)7-5-8-25(30)34/h1,5-12,16-17,20,23,39H,13-15,18H2,2-3H3,(H,36,40)/t20-,23+/m0/s1. The van der Waals surface area contributed by atoms with E-state index in [1.165, 1.54) is 17.4 Å². The number of thiophene rings is 1. The smallest absolute Gasteiger partial charge is 0.276 e. The van der Waals surface area contributed by atoms with Crippen LogP contribution in [0.15, 0.2) is 60.7 Å².